The molecule has 0 radical (unpaired) electrons. The van der Waals surface area contributed by atoms with Crippen molar-refractivity contribution < 1.29 is 13.2 Å². The molecule has 3 rings (SSSR count). The summed E-state index contributed by atoms with van der Waals surface area (Å²) in [7, 11) is -2.11. The molecule has 0 saturated carbocycles. The Bertz CT molecular complexity index is 897. The molecule has 1 aromatic heterocycles. The summed E-state index contributed by atoms with van der Waals surface area (Å²) in [5.41, 5.74) is 7.05. The number of nitrogens with two attached hydrogens (primary N) is 1. The van der Waals surface area contributed by atoms with Gasteiger partial charge in [0.15, 0.2) is 5.03 Å². The fourth-order valence-electron chi connectivity index (χ4n) is 3.39. The smallest absolute Gasteiger partial charge is 0.260 e. The lowest BCUT2D eigenvalue weighted by atomic mass is 9.89. The first-order valence-corrected chi connectivity index (χ1v) is 10.3. The van der Waals surface area contributed by atoms with E-state index in [1.165, 1.54) is 6.20 Å². The van der Waals surface area contributed by atoms with Crippen LogP contribution in [0.25, 0.3) is 0 Å². The van der Waals surface area contributed by atoms with Crippen molar-refractivity contribution in [3.05, 3.63) is 47.9 Å². The van der Waals surface area contributed by atoms with Gasteiger partial charge < -0.3 is 15.2 Å². The summed E-state index contributed by atoms with van der Waals surface area (Å²) in [6, 6.07) is 9.96. The van der Waals surface area contributed by atoms with Crippen LogP contribution >= 0.6 is 12.4 Å². The predicted molar refractivity (Wildman–Crippen MR) is 109 cm³/mol. The minimum atomic E-state index is -3.83. The highest BCUT2D eigenvalue weighted by Crippen LogP contribution is 2.31. The molecule has 0 aliphatic carbocycles. The van der Waals surface area contributed by atoms with Gasteiger partial charge in [0.2, 0.25) is 5.91 Å². The van der Waals surface area contributed by atoms with Crippen molar-refractivity contribution >= 4 is 28.3 Å². The third-order valence-electron chi connectivity index (χ3n) is 5.10. The van der Waals surface area contributed by atoms with Gasteiger partial charge >= 0.3 is 0 Å². The van der Waals surface area contributed by atoms with Crippen molar-refractivity contribution in [2.75, 3.05) is 26.2 Å². The molecular weight excluding hydrogens is 402 g/mol. The maximum atomic E-state index is 12.6. The fraction of sp³-hybridized carbons (Fsp3) is 0.444. The molecular formula is C18H26ClN5O3S. The van der Waals surface area contributed by atoms with Gasteiger partial charge in [0.05, 0.1) is 6.54 Å². The summed E-state index contributed by atoms with van der Waals surface area (Å²) in [5.74, 6) is 0.641. The summed E-state index contributed by atoms with van der Waals surface area (Å²) in [4.78, 5) is 18.3. The third-order valence-corrected chi connectivity index (χ3v) is 6.37. The number of likely N-dealkylation sites (tertiary alicyclic amines) is 1. The number of halogens is 1. The van der Waals surface area contributed by atoms with Crippen molar-refractivity contribution in [3.8, 4) is 0 Å². The number of nitrogens with zero attached hydrogens (tertiary/aromatic N) is 3. The summed E-state index contributed by atoms with van der Waals surface area (Å²) in [6.07, 6.45) is 1.42. The molecule has 1 amide bonds. The van der Waals surface area contributed by atoms with Gasteiger partial charge in [0.1, 0.15) is 5.82 Å². The first-order chi connectivity index (χ1) is 12.8. The Hall–Kier alpha value is -1.94. The first-order valence-electron chi connectivity index (χ1n) is 8.84. The van der Waals surface area contributed by atoms with Crippen LogP contribution in [0.3, 0.4) is 0 Å². The Morgan fingerprint density at radius 2 is 1.96 bits per heavy atom. The van der Waals surface area contributed by atoms with Crippen LogP contribution < -0.4 is 10.5 Å². The topological polar surface area (TPSA) is 110 Å². The van der Waals surface area contributed by atoms with E-state index in [0.29, 0.717) is 25.5 Å². The lowest BCUT2D eigenvalue weighted by Crippen LogP contribution is -2.39. The molecule has 0 spiro atoms. The molecule has 1 fully saturated rings. The second kappa shape index (κ2) is 9.04. The highest BCUT2D eigenvalue weighted by atomic mass is 35.5. The van der Waals surface area contributed by atoms with Gasteiger partial charge in [-0.3, -0.25) is 4.79 Å². The highest BCUT2D eigenvalue weighted by molar-refractivity contribution is 7.89. The zero-order valence-corrected chi connectivity index (χ0v) is 17.5. The molecule has 0 bridgehead atoms. The number of hydrogen-bond donors (Lipinski definition) is 2. The van der Waals surface area contributed by atoms with Crippen LogP contribution in [0.5, 0.6) is 0 Å². The molecule has 1 aliphatic heterocycles. The maximum Gasteiger partial charge on any atom is 0.260 e. The first kappa shape index (κ1) is 22.4. The molecule has 3 N–H and O–H groups in total. The number of benzene rings is 1. The van der Waals surface area contributed by atoms with E-state index < -0.39 is 10.0 Å². The third kappa shape index (κ3) is 4.72. The second-order valence-electron chi connectivity index (χ2n) is 6.87. The van der Waals surface area contributed by atoms with Gasteiger partial charge in [-0.05, 0) is 24.9 Å². The van der Waals surface area contributed by atoms with E-state index in [4.69, 9.17) is 5.73 Å². The lowest BCUT2D eigenvalue weighted by molar-refractivity contribution is -0.129. The summed E-state index contributed by atoms with van der Waals surface area (Å²) >= 11 is 0. The van der Waals surface area contributed by atoms with Gasteiger partial charge in [0, 0.05) is 32.3 Å². The Morgan fingerprint density at radius 3 is 2.54 bits per heavy atom. The number of hydrogen-bond acceptors (Lipinski definition) is 5. The fourth-order valence-corrected chi connectivity index (χ4v) is 4.40. The van der Waals surface area contributed by atoms with E-state index in [2.05, 4.69) is 9.71 Å². The summed E-state index contributed by atoms with van der Waals surface area (Å²) in [6.45, 7) is 2.96. The van der Waals surface area contributed by atoms with Crippen molar-refractivity contribution in [2.45, 2.75) is 17.9 Å². The molecule has 8 nitrogen and oxygen atoms in total. The van der Waals surface area contributed by atoms with Crippen LogP contribution in [-0.4, -0.2) is 55.0 Å². The van der Waals surface area contributed by atoms with E-state index in [9.17, 15) is 13.2 Å². The molecule has 1 aromatic carbocycles. The van der Waals surface area contributed by atoms with Gasteiger partial charge in [0.25, 0.3) is 10.0 Å². The van der Waals surface area contributed by atoms with E-state index >= 15 is 0 Å². The van der Waals surface area contributed by atoms with Crippen LogP contribution in [0, 0.1) is 12.8 Å². The van der Waals surface area contributed by atoms with Crippen molar-refractivity contribution in [3.63, 3.8) is 0 Å². The van der Waals surface area contributed by atoms with E-state index in [-0.39, 0.29) is 41.7 Å². The number of nitrogens with one attached hydrogen (secondary N) is 1. The van der Waals surface area contributed by atoms with Crippen LogP contribution in [0.4, 0.5) is 0 Å². The average molecular weight is 428 g/mol. The van der Waals surface area contributed by atoms with Gasteiger partial charge in [-0.15, -0.1) is 12.4 Å². The highest BCUT2D eigenvalue weighted by Gasteiger charge is 2.35. The molecule has 0 unspecified atom stereocenters. The normalized spacial score (nSPS) is 19.5. The monoisotopic (exact) mass is 427 g/mol. The number of imidazole rings is 1. The van der Waals surface area contributed by atoms with Gasteiger partial charge in [-0.1, -0.05) is 30.3 Å². The van der Waals surface area contributed by atoms with Crippen molar-refractivity contribution in [2.24, 2.45) is 18.7 Å². The largest absolute Gasteiger partial charge is 0.341 e. The minimum absolute atomic E-state index is 0. The number of carbonyl (C=O) groups is 1. The zero-order valence-electron chi connectivity index (χ0n) is 15.9. The second-order valence-corrected chi connectivity index (χ2v) is 8.59. The lowest BCUT2D eigenvalue weighted by Gasteiger charge is -2.17. The van der Waals surface area contributed by atoms with Crippen LogP contribution in [-0.2, 0) is 21.9 Å². The van der Waals surface area contributed by atoms with Crippen molar-refractivity contribution in [1.82, 2.24) is 19.2 Å². The number of sulfonamides is 1. The quantitative estimate of drug-likeness (QED) is 0.702. The molecule has 2 aromatic rings. The number of rotatable bonds is 6. The minimum Gasteiger partial charge on any atom is -0.341 e. The number of amides is 1. The summed E-state index contributed by atoms with van der Waals surface area (Å²) in [5, 5.41) is -0.0845. The number of aryl methyl sites for hydroxylation is 2. The molecule has 28 heavy (non-hydrogen) atoms. The zero-order chi connectivity index (χ0) is 19.6. The Labute approximate surface area is 171 Å². The Morgan fingerprint density at radius 1 is 1.29 bits per heavy atom. The molecule has 154 valence electrons. The molecule has 2 heterocycles. The Balaban J connectivity index is 0.00000280. The molecule has 10 heteroatoms. The van der Waals surface area contributed by atoms with Gasteiger partial charge in [-0.25, -0.2) is 18.1 Å². The average Bonchev–Trinajstić information content (AvgIpc) is 3.25. The van der Waals surface area contributed by atoms with E-state index in [1.807, 2.05) is 30.3 Å². The number of carbonyl (C=O) groups excluding carboxylic acids is 1. The molecule has 1 aliphatic rings. The SMILES string of the molecule is Cc1nc(S(=O)(=O)NCC(=O)N2C[C@@H](CN)[C@H](c3ccccc3)C2)cn1C.Cl. The molecule has 2 atom stereocenters. The van der Waals surface area contributed by atoms with E-state index in [0.717, 1.165) is 5.56 Å². The molecule has 1 saturated heterocycles. The summed E-state index contributed by atoms with van der Waals surface area (Å²) < 4.78 is 28.7. The number of aromatic nitrogens is 2. The van der Waals surface area contributed by atoms with Crippen LogP contribution in [0.2, 0.25) is 0 Å². The van der Waals surface area contributed by atoms with Crippen LogP contribution in [0.15, 0.2) is 41.6 Å². The van der Waals surface area contributed by atoms with Gasteiger partial charge in [-0.2, -0.15) is 0 Å². The van der Waals surface area contributed by atoms with Crippen LogP contribution in [0.1, 0.15) is 17.3 Å². The Kier molecular flexibility index (Phi) is 7.22. The standard InChI is InChI=1S/C18H25N5O3S.ClH/c1-13-21-17(12-22(13)2)27(25,26)20-9-18(24)23-10-15(8-19)16(11-23)14-6-4-3-5-7-14;/h3-7,12,15-16,20H,8-11,19H2,1-2H3;1H/t15-,16+;/m1./s1. The van der Waals surface area contributed by atoms with Crippen molar-refractivity contribution in [1.29, 1.82) is 0 Å². The van der Waals surface area contributed by atoms with E-state index in [1.54, 1.807) is 23.4 Å². The predicted octanol–water partition coefficient (Wildman–Crippen LogP) is 0.630. The maximum absolute atomic E-state index is 12.6.